The Balaban J connectivity index is 0.00000196. The zero-order valence-corrected chi connectivity index (χ0v) is 19.1. The number of imidazole rings is 1. The number of pyridine rings is 1. The zero-order chi connectivity index (χ0) is 18.4. The van der Waals surface area contributed by atoms with Crippen LogP contribution >= 0.6 is 17.0 Å². The smallest absolute Gasteiger partial charge is 0.286 e. The molecule has 0 atom stereocenters. The predicted molar refractivity (Wildman–Crippen MR) is 117 cm³/mol. The topological polar surface area (TPSA) is 71.8 Å². The van der Waals surface area contributed by atoms with Crippen molar-refractivity contribution in [1.29, 1.82) is 0 Å². The summed E-state index contributed by atoms with van der Waals surface area (Å²) in [5.74, 6) is 0.316. The molecule has 0 spiro atoms. The number of hydrazone groups is 1. The molecule has 0 amide bonds. The number of nitrogens with zero attached hydrogens (tertiary/aromatic N) is 4. The van der Waals surface area contributed by atoms with Crippen LogP contribution in [0.25, 0.3) is 17.8 Å². The van der Waals surface area contributed by atoms with Crippen LogP contribution in [0.15, 0.2) is 65.0 Å². The lowest BCUT2D eigenvalue weighted by Gasteiger charge is -1.98. The van der Waals surface area contributed by atoms with E-state index in [2.05, 4.69) is 68.1 Å². The van der Waals surface area contributed by atoms with E-state index >= 15 is 0 Å². The van der Waals surface area contributed by atoms with Gasteiger partial charge in [0.2, 0.25) is 5.96 Å². The van der Waals surface area contributed by atoms with E-state index in [9.17, 15) is 0 Å². The number of benzene rings is 1. The second-order valence-electron chi connectivity index (χ2n) is 5.81. The van der Waals surface area contributed by atoms with Gasteiger partial charge in [-0.3, -0.25) is 4.99 Å². The summed E-state index contributed by atoms with van der Waals surface area (Å²) in [4.78, 5) is 4.00. The molecule has 0 saturated heterocycles. The summed E-state index contributed by atoms with van der Waals surface area (Å²) in [7, 11) is 2.06. The number of rotatable bonds is 5. The first-order valence-corrected chi connectivity index (χ1v) is 8.50. The Morgan fingerprint density at radius 2 is 1.86 bits per heavy atom. The number of halogens is 2. The molecule has 3 rings (SSSR count). The van der Waals surface area contributed by atoms with Gasteiger partial charge in [0.1, 0.15) is 6.20 Å². The Labute approximate surface area is 186 Å². The van der Waals surface area contributed by atoms with Crippen molar-refractivity contribution in [3.05, 3.63) is 71.7 Å². The van der Waals surface area contributed by atoms with Gasteiger partial charge in [0.05, 0.1) is 19.5 Å². The van der Waals surface area contributed by atoms with E-state index in [1.807, 2.05) is 37.4 Å². The van der Waals surface area contributed by atoms with E-state index < -0.39 is 0 Å². The molecule has 3 aromatic rings. The minimum atomic E-state index is 0. The molecule has 0 aliphatic rings. The van der Waals surface area contributed by atoms with Crippen molar-refractivity contribution in [3.8, 4) is 0 Å². The highest BCUT2D eigenvalue weighted by Gasteiger charge is 2.10. The molecular formula is C20H24Br2N6. The second-order valence-corrected chi connectivity index (χ2v) is 5.81. The van der Waals surface area contributed by atoms with Gasteiger partial charge < -0.3 is 22.7 Å². The average Bonchev–Trinajstić information content (AvgIpc) is 2.97. The van der Waals surface area contributed by atoms with Gasteiger partial charge in [-0.1, -0.05) is 36.4 Å². The minimum absolute atomic E-state index is 0. The molecule has 148 valence electrons. The van der Waals surface area contributed by atoms with Gasteiger partial charge in [0.15, 0.2) is 5.69 Å². The van der Waals surface area contributed by atoms with Crippen molar-refractivity contribution in [2.45, 2.75) is 6.92 Å². The molecule has 3 N–H and O–H groups in total. The second kappa shape index (κ2) is 11.4. The lowest BCUT2D eigenvalue weighted by Crippen LogP contribution is -3.00. The molecule has 28 heavy (non-hydrogen) atoms. The number of fused-ring (bicyclic) bond motifs is 1. The van der Waals surface area contributed by atoms with Crippen LogP contribution < -0.4 is 32.5 Å². The summed E-state index contributed by atoms with van der Waals surface area (Å²) in [6.45, 7) is 2.55. The van der Waals surface area contributed by atoms with Crippen LogP contribution in [-0.4, -0.2) is 23.3 Å². The Hall–Kier alpha value is -2.45. The van der Waals surface area contributed by atoms with Crippen LogP contribution in [0.4, 0.5) is 0 Å². The normalized spacial score (nSPS) is 11.6. The Morgan fingerprint density at radius 1 is 1.14 bits per heavy atom. The number of hydrogen-bond donors (Lipinski definition) is 2. The van der Waals surface area contributed by atoms with Gasteiger partial charge in [-0.25, -0.2) is 14.4 Å². The highest BCUT2D eigenvalue weighted by Crippen LogP contribution is 2.10. The predicted octanol–water partition coefficient (Wildman–Crippen LogP) is -0.226. The number of hydrogen-bond acceptors (Lipinski definition) is 2. The highest BCUT2D eigenvalue weighted by molar-refractivity contribution is 8.93. The summed E-state index contributed by atoms with van der Waals surface area (Å²) in [5, 5.41) is 4.06. The van der Waals surface area contributed by atoms with E-state index in [1.54, 1.807) is 6.21 Å². The van der Waals surface area contributed by atoms with Crippen molar-refractivity contribution >= 4 is 47.0 Å². The van der Waals surface area contributed by atoms with Crippen LogP contribution in [0.5, 0.6) is 0 Å². The standard InChI is InChI=1S/C20H23N6.2BrH/c1-3-22-20(21)24-23-14-17-9-7-16(8-10-17)11-12-18-15-26-13-5-4-6-19(26)25(18)2;;/h4-15H,3H2,1-2H3,(H3,21,22,24);2*1H/q+1;;/p-1/b12-11+,23-14+;;. The maximum absolute atomic E-state index is 5.62. The fraction of sp³-hybridized carbons (Fsp3) is 0.150. The Kier molecular flexibility index (Phi) is 9.61. The third kappa shape index (κ3) is 6.03. The van der Waals surface area contributed by atoms with E-state index in [0.717, 1.165) is 22.5 Å². The number of aliphatic imine (C=N–C) groups is 1. The third-order valence-electron chi connectivity index (χ3n) is 3.97. The van der Waals surface area contributed by atoms with E-state index in [4.69, 9.17) is 5.73 Å². The summed E-state index contributed by atoms with van der Waals surface area (Å²) in [6.07, 6.45) is 10.1. The van der Waals surface area contributed by atoms with Crippen molar-refractivity contribution in [2.24, 2.45) is 22.9 Å². The van der Waals surface area contributed by atoms with Gasteiger partial charge in [0.25, 0.3) is 5.65 Å². The molecule has 0 fully saturated rings. The lowest BCUT2D eigenvalue weighted by molar-refractivity contribution is -0.510. The van der Waals surface area contributed by atoms with E-state index in [1.165, 1.54) is 0 Å². The minimum Gasteiger partial charge on any atom is -1.00 e. The fourth-order valence-corrected chi connectivity index (χ4v) is 2.61. The Morgan fingerprint density at radius 3 is 2.54 bits per heavy atom. The molecule has 0 aliphatic carbocycles. The van der Waals surface area contributed by atoms with Gasteiger partial charge in [0, 0.05) is 12.6 Å². The molecule has 2 heterocycles. The average molecular weight is 508 g/mol. The highest BCUT2D eigenvalue weighted by atomic mass is 79.9. The fourth-order valence-electron chi connectivity index (χ4n) is 2.61. The first kappa shape index (κ1) is 23.6. The lowest BCUT2D eigenvalue weighted by atomic mass is 10.1. The maximum Gasteiger partial charge on any atom is 0.286 e. The summed E-state index contributed by atoms with van der Waals surface area (Å²) < 4.78 is 4.27. The first-order valence-electron chi connectivity index (χ1n) is 8.50. The van der Waals surface area contributed by atoms with E-state index in [-0.39, 0.29) is 34.0 Å². The van der Waals surface area contributed by atoms with Crippen LogP contribution in [0.1, 0.15) is 23.7 Å². The van der Waals surface area contributed by atoms with Gasteiger partial charge in [-0.2, -0.15) is 5.10 Å². The SMILES string of the molecule is Br.CCN=C(N)N/N=C/c1ccc(/C=C/c2c[n+]3ccccc3n2C)cc1.[Br-]. The third-order valence-corrected chi connectivity index (χ3v) is 3.97. The van der Waals surface area contributed by atoms with Gasteiger partial charge in [-0.05, 0) is 30.2 Å². The first-order chi connectivity index (χ1) is 12.7. The number of nitrogens with one attached hydrogen (secondary N) is 1. The van der Waals surface area contributed by atoms with Crippen molar-refractivity contribution < 1.29 is 21.4 Å². The van der Waals surface area contributed by atoms with Crippen LogP contribution in [0.2, 0.25) is 0 Å². The monoisotopic (exact) mass is 506 g/mol. The molecule has 1 aromatic carbocycles. The van der Waals surface area contributed by atoms with Crippen molar-refractivity contribution in [1.82, 2.24) is 9.99 Å². The molecule has 8 heteroatoms. The van der Waals surface area contributed by atoms with Crippen molar-refractivity contribution in [3.63, 3.8) is 0 Å². The molecule has 6 nitrogen and oxygen atoms in total. The van der Waals surface area contributed by atoms with Crippen LogP contribution in [0.3, 0.4) is 0 Å². The molecular weight excluding hydrogens is 484 g/mol. The van der Waals surface area contributed by atoms with Crippen LogP contribution in [0, 0.1) is 0 Å². The molecule has 0 unspecified atom stereocenters. The number of aryl methyl sites for hydroxylation is 1. The van der Waals surface area contributed by atoms with Crippen LogP contribution in [-0.2, 0) is 7.05 Å². The number of guanidine groups is 1. The molecule has 2 aromatic heterocycles. The summed E-state index contributed by atoms with van der Waals surface area (Å²) in [6, 6.07) is 14.3. The summed E-state index contributed by atoms with van der Waals surface area (Å²) >= 11 is 0. The number of nitrogens with two attached hydrogens (primary N) is 1. The van der Waals surface area contributed by atoms with Crippen molar-refractivity contribution in [2.75, 3.05) is 6.54 Å². The Bertz CT molecular complexity index is 974. The summed E-state index contributed by atoms with van der Waals surface area (Å²) in [5.41, 5.74) is 12.7. The number of aromatic nitrogens is 2. The molecule has 0 saturated carbocycles. The molecule has 0 bridgehead atoms. The molecule has 0 aliphatic heterocycles. The molecule has 0 radical (unpaired) electrons. The zero-order valence-electron chi connectivity index (χ0n) is 15.8. The van der Waals surface area contributed by atoms with Gasteiger partial charge in [-0.15, -0.1) is 17.0 Å². The van der Waals surface area contributed by atoms with E-state index in [0.29, 0.717) is 12.5 Å². The maximum atomic E-state index is 5.62. The largest absolute Gasteiger partial charge is 1.00 e. The quantitative estimate of drug-likeness (QED) is 0.217. The van der Waals surface area contributed by atoms with Gasteiger partial charge >= 0.3 is 0 Å².